The van der Waals surface area contributed by atoms with E-state index in [1.807, 2.05) is 0 Å². The first-order chi connectivity index (χ1) is 30.5. The Morgan fingerprint density at radius 1 is 0.339 bits per heavy atom. The minimum atomic E-state index is -0.787. The van der Waals surface area contributed by atoms with Crippen LogP contribution in [0.2, 0.25) is 0 Å². The van der Waals surface area contributed by atoms with Gasteiger partial charge in [0.05, 0.1) is 0 Å². The van der Waals surface area contributed by atoms with Crippen LogP contribution >= 0.6 is 0 Å². The standard InChI is InChI=1S/C56H98O6/c1-4-7-10-13-16-19-22-25-27-29-31-34-37-40-43-46-49-55(58)61-52-53(51-60-54(57)48-45-42-39-36-33-24-21-18-15-12-9-6-3)62-56(59)50-47-44-41-38-35-32-30-28-26-23-20-17-14-11-8-5-2/h7,10,16,18-19,21,25,27,31,34,53H,4-6,8-9,11-15,17,20,22-24,26,28-30,32-33,35-52H2,1-3H3/b10-7-,19-16-,21-18-,27-25-,34-31-. The predicted octanol–water partition coefficient (Wildman–Crippen LogP) is 17.3. The molecule has 0 saturated carbocycles. The van der Waals surface area contributed by atoms with Crippen molar-refractivity contribution in [3.63, 3.8) is 0 Å². The van der Waals surface area contributed by atoms with Crippen LogP contribution in [0.1, 0.15) is 258 Å². The van der Waals surface area contributed by atoms with E-state index < -0.39 is 6.10 Å². The van der Waals surface area contributed by atoms with Crippen LogP contribution in [0, 0.1) is 0 Å². The molecule has 0 heterocycles. The predicted molar refractivity (Wildman–Crippen MR) is 265 cm³/mol. The summed E-state index contributed by atoms with van der Waals surface area (Å²) in [6.07, 6.45) is 62.0. The van der Waals surface area contributed by atoms with Crippen molar-refractivity contribution < 1.29 is 28.6 Å². The molecule has 358 valence electrons. The number of carbonyl (C=O) groups excluding carboxylic acids is 3. The van der Waals surface area contributed by atoms with Crippen LogP contribution in [-0.4, -0.2) is 37.2 Å². The second-order valence-corrected chi connectivity index (χ2v) is 17.4. The lowest BCUT2D eigenvalue weighted by molar-refractivity contribution is -0.167. The highest BCUT2D eigenvalue weighted by Crippen LogP contribution is 2.15. The normalized spacial score (nSPS) is 12.5. The molecule has 6 heteroatoms. The fourth-order valence-corrected chi connectivity index (χ4v) is 7.31. The van der Waals surface area contributed by atoms with Gasteiger partial charge in [-0.2, -0.15) is 0 Å². The summed E-state index contributed by atoms with van der Waals surface area (Å²) in [6.45, 7) is 6.48. The molecule has 0 fully saturated rings. The number of ether oxygens (including phenoxy) is 3. The minimum absolute atomic E-state index is 0.0870. The van der Waals surface area contributed by atoms with Gasteiger partial charge in [0, 0.05) is 19.3 Å². The molecule has 0 N–H and O–H groups in total. The number of hydrogen-bond donors (Lipinski definition) is 0. The summed E-state index contributed by atoms with van der Waals surface area (Å²) in [5, 5.41) is 0. The highest BCUT2D eigenvalue weighted by atomic mass is 16.6. The number of rotatable bonds is 47. The molecule has 0 aliphatic rings. The zero-order valence-electron chi connectivity index (χ0n) is 40.9. The lowest BCUT2D eigenvalue weighted by Crippen LogP contribution is -2.30. The van der Waals surface area contributed by atoms with Crippen LogP contribution in [0.3, 0.4) is 0 Å². The maximum atomic E-state index is 12.8. The van der Waals surface area contributed by atoms with Gasteiger partial charge in [0.1, 0.15) is 13.2 Å². The summed E-state index contributed by atoms with van der Waals surface area (Å²) in [6, 6.07) is 0. The van der Waals surface area contributed by atoms with Crippen LogP contribution in [-0.2, 0) is 28.6 Å². The molecule has 0 aliphatic heterocycles. The largest absolute Gasteiger partial charge is 0.462 e. The molecule has 62 heavy (non-hydrogen) atoms. The molecule has 0 rings (SSSR count). The van der Waals surface area contributed by atoms with E-state index in [2.05, 4.69) is 81.5 Å². The van der Waals surface area contributed by atoms with Gasteiger partial charge < -0.3 is 14.2 Å². The lowest BCUT2D eigenvalue weighted by atomic mass is 10.0. The molecule has 0 bridgehead atoms. The number of allylic oxidation sites excluding steroid dienone is 10. The fraction of sp³-hybridized carbons (Fsp3) is 0.768. The highest BCUT2D eigenvalue weighted by Gasteiger charge is 2.19. The van der Waals surface area contributed by atoms with E-state index in [0.717, 1.165) is 96.3 Å². The zero-order chi connectivity index (χ0) is 45.1. The molecule has 0 amide bonds. The molecule has 6 nitrogen and oxygen atoms in total. The van der Waals surface area contributed by atoms with Crippen molar-refractivity contribution in [2.75, 3.05) is 13.2 Å². The van der Waals surface area contributed by atoms with Gasteiger partial charge in [0.15, 0.2) is 6.10 Å². The molecule has 0 saturated heterocycles. The summed E-state index contributed by atoms with van der Waals surface area (Å²) in [4.78, 5) is 38.0. The Hall–Kier alpha value is -2.89. The van der Waals surface area contributed by atoms with Crippen LogP contribution in [0.4, 0.5) is 0 Å². The van der Waals surface area contributed by atoms with Crippen LogP contribution in [0.5, 0.6) is 0 Å². The van der Waals surface area contributed by atoms with E-state index in [-0.39, 0.29) is 31.1 Å². The van der Waals surface area contributed by atoms with Gasteiger partial charge >= 0.3 is 17.9 Å². The lowest BCUT2D eigenvalue weighted by Gasteiger charge is -2.18. The van der Waals surface area contributed by atoms with Gasteiger partial charge in [0.2, 0.25) is 0 Å². The van der Waals surface area contributed by atoms with Crippen molar-refractivity contribution in [3.8, 4) is 0 Å². The molecule has 0 aliphatic carbocycles. The maximum absolute atomic E-state index is 12.8. The SMILES string of the molecule is CC/C=C\C/C=C\C/C=C\C/C=C\CCCCCC(=O)OCC(COC(=O)CCCCCCC/C=C\CCCCC)OC(=O)CCCCCCCCCCCCCCCCCC. The fourth-order valence-electron chi connectivity index (χ4n) is 7.31. The van der Waals surface area contributed by atoms with Gasteiger partial charge in [-0.3, -0.25) is 14.4 Å². The minimum Gasteiger partial charge on any atom is -0.462 e. The quantitative estimate of drug-likeness (QED) is 0.0262. The van der Waals surface area contributed by atoms with Gasteiger partial charge in [-0.15, -0.1) is 0 Å². The Morgan fingerprint density at radius 2 is 0.629 bits per heavy atom. The van der Waals surface area contributed by atoms with E-state index in [0.29, 0.717) is 19.3 Å². The van der Waals surface area contributed by atoms with Gasteiger partial charge in [-0.1, -0.05) is 216 Å². The molecule has 0 aromatic rings. The first kappa shape index (κ1) is 59.1. The van der Waals surface area contributed by atoms with Crippen LogP contribution in [0.25, 0.3) is 0 Å². The third kappa shape index (κ3) is 48.1. The highest BCUT2D eigenvalue weighted by molar-refractivity contribution is 5.71. The third-order valence-corrected chi connectivity index (χ3v) is 11.3. The third-order valence-electron chi connectivity index (χ3n) is 11.3. The Labute approximate surface area is 383 Å². The Balaban J connectivity index is 4.41. The van der Waals surface area contributed by atoms with Crippen LogP contribution in [0.15, 0.2) is 60.8 Å². The van der Waals surface area contributed by atoms with Crippen molar-refractivity contribution >= 4 is 17.9 Å². The zero-order valence-corrected chi connectivity index (χ0v) is 40.9. The van der Waals surface area contributed by atoms with E-state index >= 15 is 0 Å². The van der Waals surface area contributed by atoms with Crippen molar-refractivity contribution in [1.29, 1.82) is 0 Å². The van der Waals surface area contributed by atoms with Gasteiger partial charge in [0.25, 0.3) is 0 Å². The Morgan fingerprint density at radius 3 is 1.05 bits per heavy atom. The average Bonchev–Trinajstić information content (AvgIpc) is 3.27. The molecule has 0 aromatic carbocycles. The molecule has 0 radical (unpaired) electrons. The van der Waals surface area contributed by atoms with E-state index in [4.69, 9.17) is 14.2 Å². The summed E-state index contributed by atoms with van der Waals surface area (Å²) in [5.74, 6) is -0.921. The van der Waals surface area contributed by atoms with Crippen molar-refractivity contribution in [3.05, 3.63) is 60.8 Å². The van der Waals surface area contributed by atoms with Crippen molar-refractivity contribution in [2.24, 2.45) is 0 Å². The number of hydrogen-bond acceptors (Lipinski definition) is 6. The maximum Gasteiger partial charge on any atom is 0.306 e. The summed E-state index contributed by atoms with van der Waals surface area (Å²) in [7, 11) is 0. The van der Waals surface area contributed by atoms with Gasteiger partial charge in [-0.05, 0) is 83.5 Å². The topological polar surface area (TPSA) is 78.9 Å². The van der Waals surface area contributed by atoms with E-state index in [1.165, 1.54) is 122 Å². The second-order valence-electron chi connectivity index (χ2n) is 17.4. The van der Waals surface area contributed by atoms with Gasteiger partial charge in [-0.25, -0.2) is 0 Å². The molecule has 0 spiro atoms. The molecule has 0 aromatic heterocycles. The Bertz CT molecular complexity index is 1130. The average molecular weight is 867 g/mol. The first-order valence-electron chi connectivity index (χ1n) is 26.3. The number of unbranched alkanes of at least 4 members (excludes halogenated alkanes) is 26. The number of esters is 3. The molecular formula is C56H98O6. The first-order valence-corrected chi connectivity index (χ1v) is 26.3. The summed E-state index contributed by atoms with van der Waals surface area (Å²) in [5.41, 5.74) is 0. The summed E-state index contributed by atoms with van der Waals surface area (Å²) >= 11 is 0. The smallest absolute Gasteiger partial charge is 0.306 e. The van der Waals surface area contributed by atoms with E-state index in [9.17, 15) is 14.4 Å². The summed E-state index contributed by atoms with van der Waals surface area (Å²) < 4.78 is 16.8. The second kappa shape index (κ2) is 50.8. The Kier molecular flexibility index (Phi) is 48.4. The molecular weight excluding hydrogens is 769 g/mol. The monoisotopic (exact) mass is 867 g/mol. The molecule has 1 unspecified atom stereocenters. The number of carbonyl (C=O) groups is 3. The van der Waals surface area contributed by atoms with Crippen molar-refractivity contribution in [1.82, 2.24) is 0 Å². The van der Waals surface area contributed by atoms with Crippen molar-refractivity contribution in [2.45, 2.75) is 264 Å². The van der Waals surface area contributed by atoms with Crippen LogP contribution < -0.4 is 0 Å². The molecule has 1 atom stereocenters. The van der Waals surface area contributed by atoms with E-state index in [1.54, 1.807) is 0 Å².